The van der Waals surface area contributed by atoms with Gasteiger partial charge in [-0.1, -0.05) is 17.7 Å². The molecule has 2 N–H and O–H groups in total. The molecule has 0 saturated carbocycles. The van der Waals surface area contributed by atoms with Crippen molar-refractivity contribution in [3.63, 3.8) is 0 Å². The number of hydrogen-bond acceptors (Lipinski definition) is 2. The molecule has 1 aromatic rings. The summed E-state index contributed by atoms with van der Waals surface area (Å²) >= 11 is 5.66. The van der Waals surface area contributed by atoms with E-state index in [2.05, 4.69) is 5.32 Å². The highest BCUT2D eigenvalue weighted by molar-refractivity contribution is 6.30. The van der Waals surface area contributed by atoms with Crippen LogP contribution in [0, 0.1) is 5.82 Å². The van der Waals surface area contributed by atoms with Crippen LogP contribution in [0.2, 0.25) is 5.02 Å². The number of halogens is 2. The predicted octanol–water partition coefficient (Wildman–Crippen LogP) is 2.73. The van der Waals surface area contributed by atoms with Crippen molar-refractivity contribution in [2.24, 2.45) is 0 Å². The van der Waals surface area contributed by atoms with Crippen molar-refractivity contribution in [1.82, 2.24) is 5.32 Å². The molecule has 16 heavy (non-hydrogen) atoms. The largest absolute Gasteiger partial charge is 0.393 e. The van der Waals surface area contributed by atoms with E-state index in [1.54, 1.807) is 19.1 Å². The molecular formula is C12H17ClFNO. The van der Waals surface area contributed by atoms with Crippen molar-refractivity contribution in [3.8, 4) is 0 Å². The van der Waals surface area contributed by atoms with Crippen LogP contribution in [0.15, 0.2) is 18.2 Å². The van der Waals surface area contributed by atoms with Gasteiger partial charge in [-0.2, -0.15) is 0 Å². The lowest BCUT2D eigenvalue weighted by atomic mass is 10.2. The Morgan fingerprint density at radius 3 is 2.88 bits per heavy atom. The van der Waals surface area contributed by atoms with E-state index >= 15 is 0 Å². The molecule has 1 rings (SSSR count). The zero-order valence-electron chi connectivity index (χ0n) is 9.34. The molecule has 0 bridgehead atoms. The van der Waals surface area contributed by atoms with Crippen LogP contribution in [0.5, 0.6) is 0 Å². The molecule has 0 saturated heterocycles. The van der Waals surface area contributed by atoms with E-state index in [9.17, 15) is 4.39 Å². The molecule has 4 heteroatoms. The Morgan fingerprint density at radius 1 is 1.50 bits per heavy atom. The number of aliphatic hydroxyl groups excluding tert-OH is 1. The predicted molar refractivity (Wildman–Crippen MR) is 64.0 cm³/mol. The van der Waals surface area contributed by atoms with Gasteiger partial charge in [0.2, 0.25) is 0 Å². The first kappa shape index (κ1) is 13.4. The zero-order chi connectivity index (χ0) is 12.0. The molecule has 2 nitrogen and oxygen atoms in total. The molecule has 0 amide bonds. The minimum absolute atomic E-state index is 0.156. The molecule has 90 valence electrons. The lowest BCUT2D eigenvalue weighted by molar-refractivity contribution is 0.181. The number of rotatable bonds is 6. The highest BCUT2D eigenvalue weighted by Crippen LogP contribution is 2.15. The molecule has 0 radical (unpaired) electrons. The van der Waals surface area contributed by atoms with Gasteiger partial charge >= 0.3 is 0 Å². The van der Waals surface area contributed by atoms with Crippen molar-refractivity contribution in [3.05, 3.63) is 34.6 Å². The fourth-order valence-corrected chi connectivity index (χ4v) is 1.61. The van der Waals surface area contributed by atoms with E-state index in [1.165, 1.54) is 6.07 Å². The Labute approximate surface area is 100 Å². The average molecular weight is 246 g/mol. The van der Waals surface area contributed by atoms with Gasteiger partial charge in [0.15, 0.2) is 0 Å². The number of aliphatic hydroxyl groups is 1. The Morgan fingerprint density at radius 2 is 2.25 bits per heavy atom. The Bertz CT molecular complexity index is 331. The van der Waals surface area contributed by atoms with E-state index in [-0.39, 0.29) is 16.9 Å². The van der Waals surface area contributed by atoms with Gasteiger partial charge in [-0.25, -0.2) is 4.39 Å². The van der Waals surface area contributed by atoms with Crippen LogP contribution in [-0.2, 0) is 6.54 Å². The molecule has 0 fully saturated rings. The molecule has 0 aliphatic rings. The first-order chi connectivity index (χ1) is 7.59. The third-order valence-electron chi connectivity index (χ3n) is 2.29. The van der Waals surface area contributed by atoms with E-state index in [4.69, 9.17) is 16.7 Å². The molecular weight excluding hydrogens is 229 g/mol. The van der Waals surface area contributed by atoms with Crippen LogP contribution in [0.3, 0.4) is 0 Å². The van der Waals surface area contributed by atoms with Crippen molar-refractivity contribution >= 4 is 11.6 Å². The lowest BCUT2D eigenvalue weighted by Crippen LogP contribution is -2.16. The monoisotopic (exact) mass is 245 g/mol. The van der Waals surface area contributed by atoms with E-state index in [1.807, 2.05) is 0 Å². The molecule has 0 aromatic heterocycles. The van der Waals surface area contributed by atoms with Gasteiger partial charge < -0.3 is 10.4 Å². The fraction of sp³-hybridized carbons (Fsp3) is 0.500. The summed E-state index contributed by atoms with van der Waals surface area (Å²) in [7, 11) is 0. The third-order valence-corrected chi connectivity index (χ3v) is 2.58. The normalized spacial score (nSPS) is 12.8. The quantitative estimate of drug-likeness (QED) is 0.756. The molecule has 1 aromatic carbocycles. The zero-order valence-corrected chi connectivity index (χ0v) is 10.1. The summed E-state index contributed by atoms with van der Waals surface area (Å²) in [6, 6.07) is 4.70. The van der Waals surface area contributed by atoms with Gasteiger partial charge in [-0.3, -0.25) is 0 Å². The highest BCUT2D eigenvalue weighted by atomic mass is 35.5. The third kappa shape index (κ3) is 4.92. The van der Waals surface area contributed by atoms with E-state index in [0.29, 0.717) is 6.54 Å². The summed E-state index contributed by atoms with van der Waals surface area (Å²) in [5.74, 6) is -0.389. The van der Waals surface area contributed by atoms with Gasteiger partial charge in [0.1, 0.15) is 5.82 Å². The lowest BCUT2D eigenvalue weighted by Gasteiger charge is -2.06. The smallest absolute Gasteiger partial charge is 0.141 e. The van der Waals surface area contributed by atoms with Crippen LogP contribution < -0.4 is 5.32 Å². The summed E-state index contributed by atoms with van der Waals surface area (Å²) in [6.07, 6.45) is 1.46. The van der Waals surface area contributed by atoms with E-state index < -0.39 is 0 Å². The van der Waals surface area contributed by atoms with E-state index in [0.717, 1.165) is 24.9 Å². The summed E-state index contributed by atoms with van der Waals surface area (Å²) in [5.41, 5.74) is 0.962. The molecule has 1 unspecified atom stereocenters. The van der Waals surface area contributed by atoms with Crippen molar-refractivity contribution in [1.29, 1.82) is 0 Å². The van der Waals surface area contributed by atoms with Crippen LogP contribution in [0.1, 0.15) is 25.3 Å². The van der Waals surface area contributed by atoms with Crippen LogP contribution in [0.4, 0.5) is 4.39 Å². The topological polar surface area (TPSA) is 32.3 Å². The second kappa shape index (κ2) is 6.84. The van der Waals surface area contributed by atoms with Crippen LogP contribution >= 0.6 is 11.6 Å². The summed E-state index contributed by atoms with van der Waals surface area (Å²) in [6.45, 7) is 3.28. The first-order valence-corrected chi connectivity index (χ1v) is 5.80. The molecule has 0 heterocycles. The maximum absolute atomic E-state index is 12.9. The maximum atomic E-state index is 12.9. The van der Waals surface area contributed by atoms with Crippen molar-refractivity contribution in [2.45, 2.75) is 32.4 Å². The Balaban J connectivity index is 2.24. The maximum Gasteiger partial charge on any atom is 0.141 e. The van der Waals surface area contributed by atoms with Crippen LogP contribution in [0.25, 0.3) is 0 Å². The summed E-state index contributed by atoms with van der Waals surface area (Å²) < 4.78 is 12.9. The van der Waals surface area contributed by atoms with Gasteiger partial charge in [-0.15, -0.1) is 0 Å². The van der Waals surface area contributed by atoms with Gasteiger partial charge in [0.05, 0.1) is 11.1 Å². The van der Waals surface area contributed by atoms with Gasteiger partial charge in [-0.05, 0) is 44.0 Å². The number of benzene rings is 1. The number of hydrogen-bond donors (Lipinski definition) is 2. The minimum Gasteiger partial charge on any atom is -0.393 e. The minimum atomic E-state index is -0.389. The molecule has 1 atom stereocenters. The van der Waals surface area contributed by atoms with Crippen LogP contribution in [-0.4, -0.2) is 17.8 Å². The van der Waals surface area contributed by atoms with Crippen molar-refractivity contribution in [2.75, 3.05) is 6.54 Å². The van der Waals surface area contributed by atoms with Gasteiger partial charge in [0.25, 0.3) is 0 Å². The first-order valence-electron chi connectivity index (χ1n) is 5.42. The number of nitrogens with one attached hydrogen (secondary N) is 1. The molecule has 0 aliphatic heterocycles. The van der Waals surface area contributed by atoms with Gasteiger partial charge in [0, 0.05) is 6.54 Å². The Kier molecular flexibility index (Phi) is 5.74. The highest BCUT2D eigenvalue weighted by Gasteiger charge is 2.00. The molecule has 0 spiro atoms. The second-order valence-corrected chi connectivity index (χ2v) is 4.32. The summed E-state index contributed by atoms with van der Waals surface area (Å²) in [5, 5.41) is 12.4. The molecule has 0 aliphatic carbocycles. The Hall–Kier alpha value is -0.640. The van der Waals surface area contributed by atoms with Crippen molar-refractivity contribution < 1.29 is 9.50 Å². The summed E-state index contributed by atoms with van der Waals surface area (Å²) in [4.78, 5) is 0. The standard InChI is InChI=1S/C12H17ClFNO/c1-9(16)3-2-6-15-8-10-4-5-12(14)11(13)7-10/h4-5,7,9,15-16H,2-3,6,8H2,1H3. The fourth-order valence-electron chi connectivity index (χ4n) is 1.40. The second-order valence-electron chi connectivity index (χ2n) is 3.92. The average Bonchev–Trinajstić information content (AvgIpc) is 2.22. The SMILES string of the molecule is CC(O)CCCNCc1ccc(F)c(Cl)c1.